The summed E-state index contributed by atoms with van der Waals surface area (Å²) in [5.74, 6) is 0.154. The van der Waals surface area contributed by atoms with Crippen LogP contribution in [0.15, 0.2) is 48.8 Å². The Hall–Kier alpha value is -1.90. The van der Waals surface area contributed by atoms with Crippen LogP contribution in [0.3, 0.4) is 0 Å². The van der Waals surface area contributed by atoms with E-state index in [0.717, 1.165) is 31.5 Å². The van der Waals surface area contributed by atoms with Gasteiger partial charge in [-0.15, -0.1) is 6.58 Å². The van der Waals surface area contributed by atoms with Gasteiger partial charge in [-0.25, -0.2) is 4.39 Å². The molecule has 1 aliphatic heterocycles. The predicted octanol–water partition coefficient (Wildman–Crippen LogP) is 4.95. The van der Waals surface area contributed by atoms with Crippen molar-refractivity contribution in [1.29, 1.82) is 0 Å². The molecule has 0 aromatic heterocycles. The van der Waals surface area contributed by atoms with Crippen molar-refractivity contribution < 1.29 is 9.18 Å². The Morgan fingerprint density at radius 3 is 2.62 bits per heavy atom. The smallest absolute Gasteiger partial charge is 0.227 e. The number of hydrogen-bond acceptors (Lipinski definition) is 1. The van der Waals surface area contributed by atoms with Crippen molar-refractivity contribution >= 4 is 11.6 Å². The van der Waals surface area contributed by atoms with Gasteiger partial charge in [0.15, 0.2) is 0 Å². The number of halogens is 1. The fraction of sp³-hybridized carbons (Fsp3) is 0.389. The number of hydrogen-bond donors (Lipinski definition) is 0. The maximum Gasteiger partial charge on any atom is 0.227 e. The third-order valence-electron chi connectivity index (χ3n) is 3.28. The summed E-state index contributed by atoms with van der Waals surface area (Å²) in [6.45, 7) is 7.87. The highest BCUT2D eigenvalue weighted by Crippen LogP contribution is 2.24. The molecule has 1 aliphatic rings. The number of anilines is 1. The van der Waals surface area contributed by atoms with Crippen LogP contribution in [0.2, 0.25) is 0 Å². The number of nitrogens with zero attached hydrogens (tertiary/aromatic N) is 1. The van der Waals surface area contributed by atoms with Crippen LogP contribution >= 0.6 is 0 Å². The zero-order chi connectivity index (χ0) is 15.7. The molecule has 0 atom stereocenters. The van der Waals surface area contributed by atoms with Crippen LogP contribution < -0.4 is 4.90 Å². The fourth-order valence-electron chi connectivity index (χ4n) is 2.17. The van der Waals surface area contributed by atoms with Gasteiger partial charge in [-0.3, -0.25) is 4.79 Å². The van der Waals surface area contributed by atoms with Gasteiger partial charge >= 0.3 is 0 Å². The molecule has 0 radical (unpaired) electrons. The predicted molar refractivity (Wildman–Crippen MR) is 87.1 cm³/mol. The van der Waals surface area contributed by atoms with E-state index in [1.807, 2.05) is 36.1 Å². The third-order valence-corrected chi connectivity index (χ3v) is 3.28. The number of carbonyl (C=O) groups excluding carboxylic acids is 1. The Bertz CT molecular complexity index is 504. The van der Waals surface area contributed by atoms with Crippen LogP contribution in [-0.2, 0) is 4.79 Å². The molecule has 0 aliphatic carbocycles. The van der Waals surface area contributed by atoms with Gasteiger partial charge in [-0.05, 0) is 44.7 Å². The van der Waals surface area contributed by atoms with Crippen molar-refractivity contribution in [2.45, 2.75) is 39.5 Å². The van der Waals surface area contributed by atoms with Crippen LogP contribution in [0.5, 0.6) is 0 Å². The summed E-state index contributed by atoms with van der Waals surface area (Å²) in [4.78, 5) is 13.3. The van der Waals surface area contributed by atoms with Crippen LogP contribution in [0.1, 0.15) is 38.2 Å². The lowest BCUT2D eigenvalue weighted by molar-refractivity contribution is -0.117. The first-order chi connectivity index (χ1) is 10.1. The Labute approximate surface area is 127 Å². The molecule has 0 spiro atoms. The monoisotopic (exact) mass is 289 g/mol. The van der Waals surface area contributed by atoms with Crippen molar-refractivity contribution in [1.82, 2.24) is 0 Å². The number of amides is 1. The van der Waals surface area contributed by atoms with Crippen molar-refractivity contribution in [3.8, 4) is 0 Å². The van der Waals surface area contributed by atoms with Crippen LogP contribution in [0.25, 0.3) is 0 Å². The Balaban J connectivity index is 0.000000240. The van der Waals surface area contributed by atoms with Crippen molar-refractivity contribution in [3.63, 3.8) is 0 Å². The molecular weight excluding hydrogens is 265 g/mol. The number of para-hydroxylation sites is 1. The zero-order valence-electron chi connectivity index (χ0n) is 12.9. The molecule has 1 saturated heterocycles. The van der Waals surface area contributed by atoms with Gasteiger partial charge in [0.2, 0.25) is 5.91 Å². The summed E-state index contributed by atoms with van der Waals surface area (Å²) in [5, 5.41) is 0. The molecule has 1 heterocycles. The topological polar surface area (TPSA) is 20.3 Å². The van der Waals surface area contributed by atoms with E-state index in [4.69, 9.17) is 0 Å². The number of allylic oxidation sites excluding steroid dienone is 3. The number of carbonyl (C=O) groups is 1. The van der Waals surface area contributed by atoms with E-state index in [9.17, 15) is 9.18 Å². The molecule has 2 nitrogen and oxygen atoms in total. The molecule has 0 saturated carbocycles. The normalized spacial score (nSPS) is 14.7. The number of unbranched alkanes of at least 4 members (excludes halogenated alkanes) is 1. The lowest BCUT2D eigenvalue weighted by Gasteiger charge is -2.17. The lowest BCUT2D eigenvalue weighted by Crippen LogP contribution is -2.24. The molecule has 0 bridgehead atoms. The molecule has 0 N–H and O–H groups in total. The SMILES string of the molecule is C=CCC/C=C(\C)F.Cc1ccccc1N1CCCC1=O. The summed E-state index contributed by atoms with van der Waals surface area (Å²) in [5.41, 5.74) is 2.25. The minimum absolute atomic E-state index is 0.105. The average Bonchev–Trinajstić information content (AvgIpc) is 2.86. The van der Waals surface area contributed by atoms with E-state index >= 15 is 0 Å². The van der Waals surface area contributed by atoms with E-state index in [-0.39, 0.29) is 11.7 Å². The molecule has 3 heteroatoms. The van der Waals surface area contributed by atoms with E-state index < -0.39 is 0 Å². The van der Waals surface area contributed by atoms with Crippen LogP contribution in [0.4, 0.5) is 10.1 Å². The number of benzene rings is 1. The standard InChI is InChI=1S/C11H13NO.C7H11F/c1-9-5-2-3-6-10(9)12-8-4-7-11(12)13;1-3-4-5-6-7(2)8/h2-3,5-6H,4,7-8H2,1H3;3,6H,1,4-5H2,2H3/b;7-6+. The zero-order valence-corrected chi connectivity index (χ0v) is 12.9. The number of rotatable bonds is 4. The largest absolute Gasteiger partial charge is 0.312 e. The second-order valence-electron chi connectivity index (χ2n) is 5.09. The third kappa shape index (κ3) is 5.94. The highest BCUT2D eigenvalue weighted by atomic mass is 19.1. The highest BCUT2D eigenvalue weighted by Gasteiger charge is 2.22. The molecule has 2 rings (SSSR count). The molecule has 1 aromatic carbocycles. The van der Waals surface area contributed by atoms with E-state index in [0.29, 0.717) is 6.42 Å². The van der Waals surface area contributed by atoms with Gasteiger partial charge in [0.05, 0.1) is 5.83 Å². The summed E-state index contributed by atoms with van der Waals surface area (Å²) in [6, 6.07) is 8.03. The fourth-order valence-corrected chi connectivity index (χ4v) is 2.17. The first-order valence-electron chi connectivity index (χ1n) is 7.35. The highest BCUT2D eigenvalue weighted by molar-refractivity contribution is 5.95. The van der Waals surface area contributed by atoms with Crippen LogP contribution in [0, 0.1) is 6.92 Å². The van der Waals surface area contributed by atoms with E-state index in [1.165, 1.54) is 12.5 Å². The second kappa shape index (κ2) is 9.11. The lowest BCUT2D eigenvalue weighted by atomic mass is 10.2. The van der Waals surface area contributed by atoms with Crippen molar-refractivity contribution in [2.24, 2.45) is 0 Å². The molecule has 0 unspecified atom stereocenters. The Kier molecular flexibility index (Phi) is 7.44. The second-order valence-corrected chi connectivity index (χ2v) is 5.09. The minimum Gasteiger partial charge on any atom is -0.312 e. The molecule has 21 heavy (non-hydrogen) atoms. The van der Waals surface area contributed by atoms with Gasteiger partial charge in [0, 0.05) is 18.7 Å². The average molecular weight is 289 g/mol. The molecule has 1 amide bonds. The van der Waals surface area contributed by atoms with E-state index in [2.05, 4.69) is 6.58 Å². The van der Waals surface area contributed by atoms with Crippen LogP contribution in [-0.4, -0.2) is 12.5 Å². The first kappa shape index (κ1) is 17.2. The van der Waals surface area contributed by atoms with Gasteiger partial charge < -0.3 is 4.90 Å². The van der Waals surface area contributed by atoms with Crippen molar-refractivity contribution in [2.75, 3.05) is 11.4 Å². The number of aryl methyl sites for hydroxylation is 1. The van der Waals surface area contributed by atoms with Gasteiger partial charge in [-0.1, -0.05) is 30.4 Å². The van der Waals surface area contributed by atoms with Gasteiger partial charge in [0.1, 0.15) is 0 Å². The minimum atomic E-state index is -0.105. The van der Waals surface area contributed by atoms with Gasteiger partial charge in [-0.2, -0.15) is 0 Å². The van der Waals surface area contributed by atoms with Gasteiger partial charge in [0.25, 0.3) is 0 Å². The summed E-state index contributed by atoms with van der Waals surface area (Å²) >= 11 is 0. The summed E-state index contributed by atoms with van der Waals surface area (Å²) in [6.07, 6.45) is 6.66. The first-order valence-corrected chi connectivity index (χ1v) is 7.35. The van der Waals surface area contributed by atoms with Crippen molar-refractivity contribution in [3.05, 3.63) is 54.4 Å². The maximum atomic E-state index is 11.9. The summed E-state index contributed by atoms with van der Waals surface area (Å²) in [7, 11) is 0. The molecule has 1 fully saturated rings. The Morgan fingerprint density at radius 2 is 2.10 bits per heavy atom. The Morgan fingerprint density at radius 1 is 1.38 bits per heavy atom. The van der Waals surface area contributed by atoms with E-state index in [1.54, 1.807) is 12.2 Å². The molecule has 1 aromatic rings. The summed E-state index contributed by atoms with van der Waals surface area (Å²) < 4.78 is 11.9. The molecular formula is C18H24FNO. The quantitative estimate of drug-likeness (QED) is 0.567. The molecule has 114 valence electrons. The maximum absolute atomic E-state index is 11.9.